The number of hydrogen-bond donors (Lipinski definition) is 1. The van der Waals surface area contributed by atoms with Crippen molar-refractivity contribution in [2.75, 3.05) is 18.0 Å². The summed E-state index contributed by atoms with van der Waals surface area (Å²) in [4.78, 5) is 23.4. The second-order valence-electron chi connectivity index (χ2n) is 8.02. The lowest BCUT2D eigenvalue weighted by molar-refractivity contribution is 0.0923. The van der Waals surface area contributed by atoms with E-state index in [0.717, 1.165) is 30.8 Å². The highest BCUT2D eigenvalue weighted by molar-refractivity contribution is 5.93. The zero-order chi connectivity index (χ0) is 19.8. The van der Waals surface area contributed by atoms with Crippen LogP contribution in [0.5, 0.6) is 5.88 Å². The lowest BCUT2D eigenvalue weighted by Gasteiger charge is -2.31. The van der Waals surface area contributed by atoms with Crippen LogP contribution >= 0.6 is 0 Å². The molecule has 3 aliphatic rings. The molecule has 0 radical (unpaired) electrons. The van der Waals surface area contributed by atoms with Gasteiger partial charge in [0, 0.05) is 12.1 Å². The van der Waals surface area contributed by atoms with Crippen LogP contribution in [0.4, 0.5) is 10.2 Å². The number of hydrogen-bond acceptors (Lipinski definition) is 6. The van der Waals surface area contributed by atoms with Crippen molar-refractivity contribution >= 4 is 17.4 Å². The third-order valence-electron chi connectivity index (χ3n) is 6.26. The summed E-state index contributed by atoms with van der Waals surface area (Å²) in [6, 6.07) is 5.29. The van der Waals surface area contributed by atoms with Gasteiger partial charge in [0.1, 0.15) is 17.7 Å². The molecule has 1 saturated heterocycles. The molecule has 0 aromatic carbocycles. The second-order valence-corrected chi connectivity index (χ2v) is 8.02. The van der Waals surface area contributed by atoms with Crippen molar-refractivity contribution in [2.45, 2.75) is 31.4 Å². The molecule has 2 fully saturated rings. The summed E-state index contributed by atoms with van der Waals surface area (Å²) in [5.41, 5.74) is 1.35. The lowest BCUT2D eigenvalue weighted by atomic mass is 10.0. The van der Waals surface area contributed by atoms with Crippen molar-refractivity contribution in [1.82, 2.24) is 24.9 Å². The number of anilines is 1. The Bertz CT molecular complexity index is 1160. The van der Waals surface area contributed by atoms with Gasteiger partial charge in [-0.1, -0.05) is 0 Å². The first-order valence-electron chi connectivity index (χ1n) is 9.79. The summed E-state index contributed by atoms with van der Waals surface area (Å²) < 4.78 is 21.8. The number of pyridine rings is 1. The topological polar surface area (TPSA) is 84.7 Å². The number of carbonyl (C=O) groups excluding carboxylic acids is 1. The van der Waals surface area contributed by atoms with E-state index in [2.05, 4.69) is 20.2 Å². The molecule has 2 aliphatic heterocycles. The van der Waals surface area contributed by atoms with Gasteiger partial charge in [0.2, 0.25) is 5.88 Å². The number of imidazole rings is 1. The molecule has 148 valence electrons. The summed E-state index contributed by atoms with van der Waals surface area (Å²) in [6.45, 7) is 2.93. The number of nitrogens with zero attached hydrogens (tertiary/aromatic N) is 5. The van der Waals surface area contributed by atoms with Gasteiger partial charge < -0.3 is 15.0 Å². The van der Waals surface area contributed by atoms with Crippen molar-refractivity contribution in [2.24, 2.45) is 5.92 Å². The maximum atomic E-state index is 14.2. The molecule has 1 N–H and O–H groups in total. The zero-order valence-corrected chi connectivity index (χ0v) is 15.8. The molecule has 6 rings (SSSR count). The van der Waals surface area contributed by atoms with Crippen LogP contribution in [0.1, 0.15) is 35.8 Å². The van der Waals surface area contributed by atoms with Crippen LogP contribution in [0, 0.1) is 11.7 Å². The fourth-order valence-corrected chi connectivity index (χ4v) is 4.82. The molecule has 8 nitrogen and oxygen atoms in total. The molecule has 1 saturated carbocycles. The Balaban J connectivity index is 1.58. The summed E-state index contributed by atoms with van der Waals surface area (Å²) in [5, 5.41) is 7.58. The molecule has 29 heavy (non-hydrogen) atoms. The van der Waals surface area contributed by atoms with E-state index in [-0.39, 0.29) is 29.9 Å². The van der Waals surface area contributed by atoms with Crippen molar-refractivity contribution in [3.05, 3.63) is 47.7 Å². The van der Waals surface area contributed by atoms with Crippen molar-refractivity contribution < 1.29 is 13.9 Å². The fraction of sp³-hybridized carbons (Fsp3) is 0.400. The second kappa shape index (κ2) is 5.65. The molecule has 3 atom stereocenters. The molecule has 3 aromatic rings. The Morgan fingerprint density at radius 2 is 2.21 bits per heavy atom. The molecule has 1 spiro atoms. The number of amides is 1. The van der Waals surface area contributed by atoms with Crippen LogP contribution in [0.25, 0.3) is 5.65 Å². The minimum atomic E-state index is -0.384. The highest BCUT2D eigenvalue weighted by Gasteiger charge is 2.65. The van der Waals surface area contributed by atoms with E-state index in [9.17, 15) is 9.18 Å². The van der Waals surface area contributed by atoms with E-state index in [1.54, 1.807) is 4.52 Å². The number of halogens is 1. The molecular weight excluding hydrogens is 375 g/mol. The number of rotatable bonds is 0. The number of aromatic nitrogens is 4. The summed E-state index contributed by atoms with van der Waals surface area (Å²) >= 11 is 0. The van der Waals surface area contributed by atoms with Gasteiger partial charge in [-0.05, 0) is 43.9 Å². The van der Waals surface area contributed by atoms with Gasteiger partial charge in [0.25, 0.3) is 5.91 Å². The highest BCUT2D eigenvalue weighted by atomic mass is 19.1. The Hall–Kier alpha value is -3.23. The van der Waals surface area contributed by atoms with E-state index in [0.29, 0.717) is 23.1 Å². The van der Waals surface area contributed by atoms with Crippen LogP contribution < -0.4 is 15.0 Å². The van der Waals surface area contributed by atoms with E-state index in [1.807, 2.05) is 19.1 Å². The third-order valence-corrected chi connectivity index (χ3v) is 6.26. The van der Waals surface area contributed by atoms with Crippen molar-refractivity contribution in [1.29, 1.82) is 0 Å². The minimum Gasteiger partial charge on any atom is -0.473 e. The lowest BCUT2D eigenvalue weighted by Crippen LogP contribution is -2.35. The third kappa shape index (κ3) is 2.30. The first-order valence-corrected chi connectivity index (χ1v) is 9.79. The monoisotopic (exact) mass is 394 g/mol. The van der Waals surface area contributed by atoms with Crippen LogP contribution in [-0.4, -0.2) is 44.7 Å². The first-order chi connectivity index (χ1) is 14.1. The van der Waals surface area contributed by atoms with Gasteiger partial charge in [0.05, 0.1) is 24.5 Å². The van der Waals surface area contributed by atoms with E-state index in [1.165, 1.54) is 18.5 Å². The van der Waals surface area contributed by atoms with Crippen LogP contribution in [0.2, 0.25) is 0 Å². The molecule has 2 unspecified atom stereocenters. The van der Waals surface area contributed by atoms with Crippen molar-refractivity contribution in [3.8, 4) is 5.88 Å². The van der Waals surface area contributed by atoms with Gasteiger partial charge in [0.15, 0.2) is 11.3 Å². The molecule has 9 heteroatoms. The largest absolute Gasteiger partial charge is 0.473 e. The normalized spacial score (nSPS) is 27.8. The van der Waals surface area contributed by atoms with E-state index >= 15 is 0 Å². The SMILES string of the molecule is C[C@H]1CNC(=O)c2cnc3ccc(nn23)N2CCC3CC32c2cc(F)cnc2O1. The van der Waals surface area contributed by atoms with Crippen molar-refractivity contribution in [3.63, 3.8) is 0 Å². The number of carbonyl (C=O) groups is 1. The zero-order valence-electron chi connectivity index (χ0n) is 15.8. The quantitative estimate of drug-likeness (QED) is 0.627. The molecular formula is C20H19FN6O2. The van der Waals surface area contributed by atoms with E-state index < -0.39 is 0 Å². The number of piperidine rings is 1. The van der Waals surface area contributed by atoms with Crippen LogP contribution in [-0.2, 0) is 5.54 Å². The molecule has 1 aliphatic carbocycles. The molecule has 3 aromatic heterocycles. The smallest absolute Gasteiger partial charge is 0.271 e. The van der Waals surface area contributed by atoms with Gasteiger partial charge in [-0.25, -0.2) is 18.9 Å². The Morgan fingerprint density at radius 3 is 3.07 bits per heavy atom. The maximum Gasteiger partial charge on any atom is 0.271 e. The number of ether oxygens (including phenoxy) is 1. The number of nitrogens with one attached hydrogen (secondary N) is 1. The standard InChI is InChI=1S/C20H19FN6O2/c1-11-8-23-18(28)15-10-22-16-2-3-17(25-27(15)16)26-5-4-12-7-20(12,26)14-6-13(21)9-24-19(14)29-11/h2-3,6,9-12H,4-5,7-8H2,1H3,(H,23,28)/t11-,12?,20?/m0/s1. The number of fused-ring (bicyclic) bond motifs is 3. The van der Waals surface area contributed by atoms with E-state index in [4.69, 9.17) is 9.84 Å². The average molecular weight is 394 g/mol. The van der Waals surface area contributed by atoms with Gasteiger partial charge in [-0.15, -0.1) is 5.10 Å². The molecule has 5 heterocycles. The van der Waals surface area contributed by atoms with Gasteiger partial charge in [-0.2, -0.15) is 0 Å². The Kier molecular flexibility index (Phi) is 3.25. The summed E-state index contributed by atoms with van der Waals surface area (Å²) in [6.07, 6.45) is 4.26. The van der Waals surface area contributed by atoms with Crippen LogP contribution in [0.15, 0.2) is 30.6 Å². The molecule has 1 amide bonds. The minimum absolute atomic E-state index is 0.274. The predicted octanol–water partition coefficient (Wildman–Crippen LogP) is 1.90. The summed E-state index contributed by atoms with van der Waals surface area (Å²) in [7, 11) is 0. The summed E-state index contributed by atoms with van der Waals surface area (Å²) in [5.74, 6) is 0.888. The first kappa shape index (κ1) is 16.7. The predicted molar refractivity (Wildman–Crippen MR) is 101 cm³/mol. The Labute approximate surface area is 165 Å². The maximum absolute atomic E-state index is 14.2. The average Bonchev–Trinajstić information content (AvgIpc) is 3.10. The van der Waals surface area contributed by atoms with Crippen LogP contribution in [0.3, 0.4) is 0 Å². The Morgan fingerprint density at radius 1 is 1.31 bits per heavy atom. The van der Waals surface area contributed by atoms with Gasteiger partial charge in [-0.3, -0.25) is 4.79 Å². The molecule has 2 bridgehead atoms. The van der Waals surface area contributed by atoms with Gasteiger partial charge >= 0.3 is 0 Å². The highest BCUT2D eigenvalue weighted by Crippen LogP contribution is 2.64. The fourth-order valence-electron chi connectivity index (χ4n) is 4.82.